The van der Waals surface area contributed by atoms with Crippen molar-refractivity contribution in [1.82, 2.24) is 10.2 Å². The molecule has 4 nitrogen and oxygen atoms in total. The molecule has 1 aliphatic heterocycles. The Morgan fingerprint density at radius 2 is 2.22 bits per heavy atom. The smallest absolute Gasteiger partial charge is 0.256 e. The number of halogens is 1. The van der Waals surface area contributed by atoms with E-state index in [1.807, 2.05) is 42.2 Å². The van der Waals surface area contributed by atoms with E-state index in [0.29, 0.717) is 6.54 Å². The maximum atomic E-state index is 13.1. The predicted molar refractivity (Wildman–Crippen MR) is 96.4 cm³/mol. The van der Waals surface area contributed by atoms with Crippen LogP contribution in [0.25, 0.3) is 0 Å². The van der Waals surface area contributed by atoms with Gasteiger partial charge >= 0.3 is 0 Å². The molecule has 3 rings (SSSR count). The summed E-state index contributed by atoms with van der Waals surface area (Å²) >= 11 is 5.11. The molecule has 1 saturated heterocycles. The number of amides is 1. The van der Waals surface area contributed by atoms with E-state index in [1.165, 1.54) is 0 Å². The second-order valence-electron chi connectivity index (χ2n) is 5.50. The normalized spacial score (nSPS) is 18.0. The fraction of sp³-hybridized carbons (Fsp3) is 0.353. The Kier molecular flexibility index (Phi) is 5.04. The van der Waals surface area contributed by atoms with E-state index < -0.39 is 0 Å². The Morgan fingerprint density at radius 1 is 1.43 bits per heavy atom. The van der Waals surface area contributed by atoms with Crippen LogP contribution in [-0.4, -0.2) is 37.6 Å². The van der Waals surface area contributed by atoms with Gasteiger partial charge in [-0.05, 0) is 35.0 Å². The SMILES string of the molecule is COc1ccccc1C1CNCCN1C(=O)c1cc(C)sc1Br. The van der Waals surface area contributed by atoms with Crippen molar-refractivity contribution in [2.24, 2.45) is 0 Å². The minimum absolute atomic E-state index is 0.0282. The molecule has 23 heavy (non-hydrogen) atoms. The lowest BCUT2D eigenvalue weighted by molar-refractivity contribution is 0.0631. The number of aryl methyl sites for hydroxylation is 1. The maximum absolute atomic E-state index is 13.1. The van der Waals surface area contributed by atoms with Crippen LogP contribution in [0, 0.1) is 6.92 Å². The highest BCUT2D eigenvalue weighted by Crippen LogP contribution is 2.34. The summed E-state index contributed by atoms with van der Waals surface area (Å²) in [7, 11) is 1.67. The topological polar surface area (TPSA) is 41.6 Å². The van der Waals surface area contributed by atoms with Gasteiger partial charge in [0.25, 0.3) is 5.91 Å². The lowest BCUT2D eigenvalue weighted by Crippen LogP contribution is -2.48. The molecule has 1 amide bonds. The molecule has 1 aliphatic rings. The number of ether oxygens (including phenoxy) is 1. The molecular formula is C17H19BrN2O2S. The summed E-state index contributed by atoms with van der Waals surface area (Å²) in [6.45, 7) is 4.23. The average molecular weight is 395 g/mol. The third-order valence-corrected chi connectivity index (χ3v) is 5.79. The molecule has 1 N–H and O–H groups in total. The van der Waals surface area contributed by atoms with Gasteiger partial charge in [0.15, 0.2) is 0 Å². The van der Waals surface area contributed by atoms with Crippen molar-refractivity contribution in [3.63, 3.8) is 0 Å². The van der Waals surface area contributed by atoms with Crippen LogP contribution in [0.2, 0.25) is 0 Å². The molecule has 1 fully saturated rings. The molecule has 1 atom stereocenters. The van der Waals surface area contributed by atoms with Crippen molar-refractivity contribution in [2.75, 3.05) is 26.7 Å². The number of carbonyl (C=O) groups is 1. The molecule has 1 unspecified atom stereocenters. The first kappa shape index (κ1) is 16.5. The second kappa shape index (κ2) is 7.03. The van der Waals surface area contributed by atoms with Gasteiger partial charge in [-0.25, -0.2) is 0 Å². The van der Waals surface area contributed by atoms with Crippen molar-refractivity contribution >= 4 is 33.2 Å². The Morgan fingerprint density at radius 3 is 2.91 bits per heavy atom. The van der Waals surface area contributed by atoms with E-state index in [0.717, 1.165) is 38.6 Å². The molecule has 1 aromatic heterocycles. The fourth-order valence-corrected chi connectivity index (χ4v) is 4.72. The number of hydrogen-bond donors (Lipinski definition) is 1. The Hall–Kier alpha value is -1.37. The molecule has 2 aromatic rings. The largest absolute Gasteiger partial charge is 0.496 e. The van der Waals surface area contributed by atoms with E-state index in [9.17, 15) is 4.79 Å². The highest BCUT2D eigenvalue weighted by molar-refractivity contribution is 9.11. The van der Waals surface area contributed by atoms with Crippen molar-refractivity contribution < 1.29 is 9.53 Å². The van der Waals surface area contributed by atoms with Gasteiger partial charge in [0.05, 0.1) is 22.5 Å². The summed E-state index contributed by atoms with van der Waals surface area (Å²) in [4.78, 5) is 16.1. The molecule has 1 aromatic carbocycles. The van der Waals surface area contributed by atoms with Gasteiger partial charge in [0.1, 0.15) is 5.75 Å². The van der Waals surface area contributed by atoms with Crippen molar-refractivity contribution in [2.45, 2.75) is 13.0 Å². The van der Waals surface area contributed by atoms with Crippen LogP contribution in [0.5, 0.6) is 5.75 Å². The van der Waals surface area contributed by atoms with E-state index in [4.69, 9.17) is 4.74 Å². The molecule has 2 heterocycles. The summed E-state index contributed by atoms with van der Waals surface area (Å²) in [6, 6.07) is 9.84. The van der Waals surface area contributed by atoms with Crippen molar-refractivity contribution in [3.05, 3.63) is 50.1 Å². The minimum Gasteiger partial charge on any atom is -0.496 e. The molecule has 0 saturated carbocycles. The summed E-state index contributed by atoms with van der Waals surface area (Å²) in [6.07, 6.45) is 0. The number of nitrogens with zero attached hydrogens (tertiary/aromatic N) is 1. The summed E-state index contributed by atoms with van der Waals surface area (Å²) in [5.41, 5.74) is 1.79. The van der Waals surface area contributed by atoms with E-state index in [2.05, 4.69) is 21.2 Å². The molecule has 122 valence electrons. The number of para-hydroxylation sites is 1. The zero-order valence-electron chi connectivity index (χ0n) is 13.1. The molecule has 0 bridgehead atoms. The third-order valence-electron chi connectivity index (χ3n) is 4.04. The lowest BCUT2D eigenvalue weighted by atomic mass is 10.0. The summed E-state index contributed by atoms with van der Waals surface area (Å²) < 4.78 is 6.39. The van der Waals surface area contributed by atoms with Crippen LogP contribution in [0.3, 0.4) is 0 Å². The zero-order chi connectivity index (χ0) is 16.4. The summed E-state index contributed by atoms with van der Waals surface area (Å²) in [5, 5.41) is 3.38. The van der Waals surface area contributed by atoms with Crippen LogP contribution in [-0.2, 0) is 0 Å². The number of carbonyl (C=O) groups excluding carboxylic acids is 1. The van der Waals surface area contributed by atoms with Gasteiger partial charge in [-0.2, -0.15) is 0 Å². The van der Waals surface area contributed by atoms with Gasteiger partial charge in [0, 0.05) is 30.1 Å². The first-order chi connectivity index (χ1) is 11.1. The van der Waals surface area contributed by atoms with Crippen LogP contribution in [0.15, 0.2) is 34.1 Å². The number of nitrogens with one attached hydrogen (secondary N) is 1. The van der Waals surface area contributed by atoms with Crippen LogP contribution >= 0.6 is 27.3 Å². The van der Waals surface area contributed by atoms with E-state index in [1.54, 1.807) is 18.4 Å². The minimum atomic E-state index is -0.0282. The van der Waals surface area contributed by atoms with Crippen LogP contribution in [0.4, 0.5) is 0 Å². The number of methoxy groups -OCH3 is 1. The van der Waals surface area contributed by atoms with Gasteiger partial charge in [-0.1, -0.05) is 18.2 Å². The number of thiophene rings is 1. The Labute approximate surface area is 148 Å². The van der Waals surface area contributed by atoms with Crippen molar-refractivity contribution in [1.29, 1.82) is 0 Å². The van der Waals surface area contributed by atoms with Gasteiger partial charge in [-0.3, -0.25) is 4.79 Å². The van der Waals surface area contributed by atoms with Gasteiger partial charge in [-0.15, -0.1) is 11.3 Å². The predicted octanol–water partition coefficient (Wildman–Crippen LogP) is 3.61. The maximum Gasteiger partial charge on any atom is 0.256 e. The number of rotatable bonds is 3. The highest BCUT2D eigenvalue weighted by Gasteiger charge is 2.31. The molecule has 0 aliphatic carbocycles. The number of piperazine rings is 1. The standard InChI is InChI=1S/C17H19BrN2O2S/c1-11-9-13(16(18)23-11)17(21)20-8-7-19-10-14(20)12-5-3-4-6-15(12)22-2/h3-6,9,14,19H,7-8,10H2,1-2H3. The van der Waals surface area contributed by atoms with Gasteiger partial charge in [0.2, 0.25) is 0 Å². The lowest BCUT2D eigenvalue weighted by Gasteiger charge is -2.37. The Bertz CT molecular complexity index is 716. The van der Waals surface area contributed by atoms with Crippen LogP contribution in [0.1, 0.15) is 26.8 Å². The second-order valence-corrected chi connectivity index (χ2v) is 8.08. The van der Waals surface area contributed by atoms with E-state index in [-0.39, 0.29) is 11.9 Å². The number of hydrogen-bond acceptors (Lipinski definition) is 4. The molecule has 0 radical (unpaired) electrons. The van der Waals surface area contributed by atoms with Crippen molar-refractivity contribution in [3.8, 4) is 5.75 Å². The third kappa shape index (κ3) is 3.29. The Balaban J connectivity index is 1.96. The fourth-order valence-electron chi connectivity index (χ4n) is 2.95. The average Bonchev–Trinajstić information content (AvgIpc) is 2.92. The number of benzene rings is 1. The first-order valence-corrected chi connectivity index (χ1v) is 9.13. The molecule has 6 heteroatoms. The van der Waals surface area contributed by atoms with Gasteiger partial charge < -0.3 is 15.0 Å². The first-order valence-electron chi connectivity index (χ1n) is 7.52. The quantitative estimate of drug-likeness (QED) is 0.864. The van der Waals surface area contributed by atoms with E-state index >= 15 is 0 Å². The molecule has 0 spiro atoms. The molecular weight excluding hydrogens is 376 g/mol. The monoisotopic (exact) mass is 394 g/mol. The highest BCUT2D eigenvalue weighted by atomic mass is 79.9. The zero-order valence-corrected chi connectivity index (χ0v) is 15.5. The van der Waals surface area contributed by atoms with Crippen LogP contribution < -0.4 is 10.1 Å². The summed E-state index contributed by atoms with van der Waals surface area (Å²) in [5.74, 6) is 0.887.